The van der Waals surface area contributed by atoms with Crippen LogP contribution in [0.3, 0.4) is 0 Å². The molecule has 2 aromatic heterocycles. The highest BCUT2D eigenvalue weighted by atomic mass is 32.2. The molecule has 0 spiro atoms. The molecule has 1 unspecified atom stereocenters. The molecule has 11 heteroatoms. The molecule has 1 fully saturated rings. The first-order chi connectivity index (χ1) is 12.8. The van der Waals surface area contributed by atoms with E-state index < -0.39 is 36.5 Å². The molecule has 0 amide bonds. The van der Waals surface area contributed by atoms with Crippen LogP contribution in [0.2, 0.25) is 0 Å². The van der Waals surface area contributed by atoms with Gasteiger partial charge in [-0.2, -0.15) is 0 Å². The molecule has 0 aliphatic carbocycles. The smallest absolute Gasteiger partial charge is 0.320 e. The number of aliphatic hydroxyl groups excluding tert-OH is 1. The van der Waals surface area contributed by atoms with E-state index in [-0.39, 0.29) is 10.9 Å². The number of nitrogens with zero attached hydrogens (tertiary/aromatic N) is 4. The van der Waals surface area contributed by atoms with E-state index in [9.17, 15) is 9.90 Å². The van der Waals surface area contributed by atoms with Gasteiger partial charge in [0.25, 0.3) is 0 Å². The largest absolute Gasteiger partial charge is 0.480 e. The monoisotopic (exact) mass is 397 g/mol. The number of imidazole rings is 1. The lowest BCUT2D eigenvalue weighted by Crippen LogP contribution is -2.41. The van der Waals surface area contributed by atoms with Crippen LogP contribution >= 0.6 is 0 Å². The highest BCUT2D eigenvalue weighted by Gasteiger charge is 2.45. The molecule has 2 aromatic rings. The van der Waals surface area contributed by atoms with Crippen LogP contribution < -0.4 is 11.5 Å². The highest BCUT2D eigenvalue weighted by Crippen LogP contribution is 2.31. The van der Waals surface area contributed by atoms with Gasteiger partial charge in [0.05, 0.1) is 24.3 Å². The number of carbonyl (C=O) groups is 1. The zero-order chi connectivity index (χ0) is 19.7. The Labute approximate surface area is 159 Å². The summed E-state index contributed by atoms with van der Waals surface area (Å²) in [5, 5.41) is 19.4. The molecular formula is C16H25N6O4S+. The molecule has 148 valence electrons. The van der Waals surface area contributed by atoms with Crippen molar-refractivity contribution >= 4 is 28.0 Å². The number of ether oxygens (including phenoxy) is 1. The lowest BCUT2D eigenvalue weighted by molar-refractivity contribution is -0.138. The van der Waals surface area contributed by atoms with Crippen molar-refractivity contribution in [2.75, 3.05) is 17.8 Å². The summed E-state index contributed by atoms with van der Waals surface area (Å²) >= 11 is 0. The minimum absolute atomic E-state index is 0.160. The predicted octanol–water partition coefficient (Wildman–Crippen LogP) is -1.23. The van der Waals surface area contributed by atoms with Crippen molar-refractivity contribution in [3.63, 3.8) is 0 Å². The molecule has 1 saturated heterocycles. The van der Waals surface area contributed by atoms with Crippen molar-refractivity contribution in [1.82, 2.24) is 19.5 Å². The van der Waals surface area contributed by atoms with Crippen molar-refractivity contribution in [3.8, 4) is 0 Å². The summed E-state index contributed by atoms with van der Waals surface area (Å²) in [6.45, 7) is 1.85. The second kappa shape index (κ2) is 8.07. The predicted molar refractivity (Wildman–Crippen MR) is 101 cm³/mol. The van der Waals surface area contributed by atoms with Crippen molar-refractivity contribution in [3.05, 3.63) is 18.3 Å². The van der Waals surface area contributed by atoms with E-state index in [1.807, 2.05) is 13.2 Å². The van der Waals surface area contributed by atoms with Gasteiger partial charge >= 0.3 is 5.97 Å². The van der Waals surface area contributed by atoms with E-state index in [0.717, 1.165) is 5.69 Å². The Hall–Kier alpha value is -1.79. The van der Waals surface area contributed by atoms with Crippen LogP contribution in [0.5, 0.6) is 0 Å². The molecule has 10 nitrogen and oxygen atoms in total. The zero-order valence-electron chi connectivity index (χ0n) is 15.2. The molecule has 3 rings (SSSR count). The summed E-state index contributed by atoms with van der Waals surface area (Å²) in [4.78, 5) is 23.5. The minimum Gasteiger partial charge on any atom is -0.480 e. The van der Waals surface area contributed by atoms with Crippen LogP contribution in [0.25, 0.3) is 11.2 Å². The van der Waals surface area contributed by atoms with E-state index in [2.05, 4.69) is 15.0 Å². The zero-order valence-corrected chi connectivity index (χ0v) is 16.0. The Morgan fingerprint density at radius 3 is 2.89 bits per heavy atom. The average Bonchev–Trinajstić information content (AvgIpc) is 3.17. The van der Waals surface area contributed by atoms with E-state index in [4.69, 9.17) is 21.3 Å². The fourth-order valence-electron chi connectivity index (χ4n) is 3.13. The fraction of sp³-hybridized carbons (Fsp3) is 0.625. The summed E-state index contributed by atoms with van der Waals surface area (Å²) in [7, 11) is -0.160. The highest BCUT2D eigenvalue weighted by molar-refractivity contribution is 7.96. The quantitative estimate of drug-likeness (QED) is 0.419. The van der Waals surface area contributed by atoms with Gasteiger partial charge in [0.2, 0.25) is 0 Å². The van der Waals surface area contributed by atoms with Crippen LogP contribution in [0.15, 0.2) is 12.7 Å². The van der Waals surface area contributed by atoms with Gasteiger partial charge in [0, 0.05) is 6.42 Å². The molecule has 0 saturated carbocycles. The number of aryl methyl sites for hydroxylation is 1. The number of aliphatic hydroxyl groups is 1. The van der Waals surface area contributed by atoms with Crippen molar-refractivity contribution in [2.24, 2.45) is 11.5 Å². The molecule has 27 heavy (non-hydrogen) atoms. The van der Waals surface area contributed by atoms with Crippen LogP contribution in [0.1, 0.15) is 18.3 Å². The minimum atomic E-state index is -1.00. The van der Waals surface area contributed by atoms with Gasteiger partial charge in [-0.1, -0.05) is 0 Å². The standard InChI is InChI=1S/C16H24N6O4S/c1-8-12-14(20-6-19-8)22(7-21-12)15-11(18)13(23)10(26-15)5-27(2)4-3-9(17)16(24)25/h6-7,9-11,13,15,23H,3-5,17-18H2,1-2H3/p+1/t9-,10+,11+,13+,15+,27?/m0/s1. The maximum atomic E-state index is 10.8. The SMILES string of the molecule is Cc1ncnc2c1ncn2[C@@H]1O[C@H](C[S+](C)CC[C@H](N)C(=O)O)[C@@H](O)[C@H]1N. The Bertz CT molecular complexity index is 817. The van der Waals surface area contributed by atoms with Gasteiger partial charge in [-0.3, -0.25) is 9.36 Å². The molecule has 0 bridgehead atoms. The fourth-order valence-corrected chi connectivity index (χ4v) is 4.79. The summed E-state index contributed by atoms with van der Waals surface area (Å²) in [5.74, 6) is 0.231. The summed E-state index contributed by atoms with van der Waals surface area (Å²) in [6.07, 6.45) is 3.59. The third kappa shape index (κ3) is 4.06. The maximum Gasteiger partial charge on any atom is 0.320 e. The molecule has 6 N–H and O–H groups in total. The number of hydrogen-bond donors (Lipinski definition) is 4. The third-order valence-electron chi connectivity index (χ3n) is 4.78. The first-order valence-corrected chi connectivity index (χ1v) is 10.6. The van der Waals surface area contributed by atoms with E-state index in [1.54, 1.807) is 10.9 Å². The number of fused-ring (bicyclic) bond motifs is 1. The summed E-state index contributed by atoms with van der Waals surface area (Å²) < 4.78 is 7.78. The molecule has 1 aliphatic rings. The molecule has 0 radical (unpaired) electrons. The van der Waals surface area contributed by atoms with Crippen molar-refractivity contribution in [1.29, 1.82) is 0 Å². The average molecular weight is 397 g/mol. The number of rotatable bonds is 7. The molecule has 3 heterocycles. The number of carboxylic acids is 1. The molecule has 1 aliphatic heterocycles. The van der Waals surface area contributed by atoms with Gasteiger partial charge < -0.3 is 26.4 Å². The van der Waals surface area contributed by atoms with Crippen molar-refractivity contribution < 1.29 is 19.7 Å². The Kier molecular flexibility index (Phi) is 5.96. The Balaban J connectivity index is 1.68. The van der Waals surface area contributed by atoms with E-state index in [0.29, 0.717) is 29.1 Å². The van der Waals surface area contributed by atoms with Gasteiger partial charge in [-0.25, -0.2) is 15.0 Å². The summed E-state index contributed by atoms with van der Waals surface area (Å²) in [6, 6.07) is -1.49. The van der Waals surface area contributed by atoms with E-state index in [1.165, 1.54) is 6.33 Å². The van der Waals surface area contributed by atoms with Crippen LogP contribution in [0.4, 0.5) is 0 Å². The van der Waals surface area contributed by atoms with Crippen LogP contribution in [0, 0.1) is 6.92 Å². The first kappa shape index (κ1) is 20.0. The maximum absolute atomic E-state index is 10.8. The van der Waals surface area contributed by atoms with Crippen LogP contribution in [-0.4, -0.2) is 77.8 Å². The van der Waals surface area contributed by atoms with Crippen LogP contribution in [-0.2, 0) is 20.4 Å². The lowest BCUT2D eigenvalue weighted by atomic mass is 10.1. The molecule has 6 atom stereocenters. The number of aliphatic carboxylic acids is 1. The number of nitrogens with two attached hydrogens (primary N) is 2. The number of hydrogen-bond acceptors (Lipinski definition) is 8. The first-order valence-electron chi connectivity index (χ1n) is 8.60. The topological polar surface area (TPSA) is 162 Å². The second-order valence-corrected chi connectivity index (χ2v) is 9.11. The molecular weight excluding hydrogens is 372 g/mol. The van der Waals surface area contributed by atoms with Crippen molar-refractivity contribution in [2.45, 2.75) is 43.9 Å². The van der Waals surface area contributed by atoms with E-state index >= 15 is 0 Å². The normalized spacial score (nSPS) is 27.7. The number of aromatic nitrogens is 4. The Morgan fingerprint density at radius 2 is 2.19 bits per heavy atom. The third-order valence-corrected chi connectivity index (χ3v) is 6.61. The second-order valence-electron chi connectivity index (χ2n) is 6.80. The van der Waals surface area contributed by atoms with Gasteiger partial charge in [-0.15, -0.1) is 0 Å². The van der Waals surface area contributed by atoms with Gasteiger partial charge in [-0.05, 0) is 17.8 Å². The Morgan fingerprint density at radius 1 is 1.44 bits per heavy atom. The lowest BCUT2D eigenvalue weighted by Gasteiger charge is -2.17. The van der Waals surface area contributed by atoms with Gasteiger partial charge in [0.15, 0.2) is 11.9 Å². The number of carboxylic acid groups (broad SMARTS) is 1. The van der Waals surface area contributed by atoms with Gasteiger partial charge in [0.1, 0.15) is 41.6 Å². The summed E-state index contributed by atoms with van der Waals surface area (Å²) in [5.41, 5.74) is 13.8. The molecule has 0 aromatic carbocycles.